The Morgan fingerprint density at radius 1 is 1.33 bits per heavy atom. The Balaban J connectivity index is 1.87. The van der Waals surface area contributed by atoms with Crippen LogP contribution in [0.15, 0.2) is 22.9 Å². The summed E-state index contributed by atoms with van der Waals surface area (Å²) in [5, 5.41) is 4.53. The second-order valence-corrected chi connectivity index (χ2v) is 4.96. The van der Waals surface area contributed by atoms with E-state index < -0.39 is 0 Å². The fourth-order valence-corrected chi connectivity index (χ4v) is 2.41. The van der Waals surface area contributed by atoms with E-state index in [1.807, 2.05) is 0 Å². The van der Waals surface area contributed by atoms with Crippen molar-refractivity contribution in [1.82, 2.24) is 15.1 Å². The Bertz CT molecular complexity index is 539. The van der Waals surface area contributed by atoms with E-state index in [1.165, 1.54) is 0 Å². The molecule has 2 atom stereocenters. The average Bonchev–Trinajstić information content (AvgIpc) is 2.98. The SMILES string of the molecule is NC1CCCC1c1nc(-c2ccc(Cl)cn2)no1. The molecule has 2 heterocycles. The minimum absolute atomic E-state index is 0.122. The molecule has 0 amide bonds. The van der Waals surface area contributed by atoms with Crippen LogP contribution in [0.1, 0.15) is 31.1 Å². The third-order valence-electron chi connectivity index (χ3n) is 3.28. The number of rotatable bonds is 2. The van der Waals surface area contributed by atoms with Crippen molar-refractivity contribution in [3.8, 4) is 11.5 Å². The summed E-state index contributed by atoms with van der Waals surface area (Å²) in [6.45, 7) is 0. The van der Waals surface area contributed by atoms with Crippen LogP contribution in [-0.4, -0.2) is 21.2 Å². The van der Waals surface area contributed by atoms with Crippen molar-refractivity contribution in [2.75, 3.05) is 0 Å². The number of nitrogens with two attached hydrogens (primary N) is 1. The Labute approximate surface area is 109 Å². The van der Waals surface area contributed by atoms with E-state index in [0.717, 1.165) is 19.3 Å². The van der Waals surface area contributed by atoms with E-state index in [2.05, 4.69) is 15.1 Å². The van der Waals surface area contributed by atoms with Gasteiger partial charge in [0.1, 0.15) is 5.69 Å². The molecular weight excluding hydrogens is 252 g/mol. The van der Waals surface area contributed by atoms with Crippen molar-refractivity contribution < 1.29 is 4.52 Å². The van der Waals surface area contributed by atoms with Gasteiger partial charge in [0.15, 0.2) is 0 Å². The molecule has 2 aromatic rings. The lowest BCUT2D eigenvalue weighted by Gasteiger charge is -2.08. The van der Waals surface area contributed by atoms with E-state index in [4.69, 9.17) is 21.9 Å². The van der Waals surface area contributed by atoms with Gasteiger partial charge in [-0.25, -0.2) is 0 Å². The van der Waals surface area contributed by atoms with Crippen molar-refractivity contribution in [2.45, 2.75) is 31.2 Å². The van der Waals surface area contributed by atoms with Gasteiger partial charge in [-0.3, -0.25) is 4.98 Å². The zero-order valence-corrected chi connectivity index (χ0v) is 10.5. The summed E-state index contributed by atoms with van der Waals surface area (Å²) in [6, 6.07) is 3.64. The molecule has 1 saturated carbocycles. The van der Waals surface area contributed by atoms with Crippen LogP contribution in [0.3, 0.4) is 0 Å². The largest absolute Gasteiger partial charge is 0.339 e. The van der Waals surface area contributed by atoms with Crippen LogP contribution < -0.4 is 5.73 Å². The summed E-state index contributed by atoms with van der Waals surface area (Å²) >= 11 is 5.78. The molecule has 0 bridgehead atoms. The highest BCUT2D eigenvalue weighted by molar-refractivity contribution is 6.30. The smallest absolute Gasteiger partial charge is 0.231 e. The van der Waals surface area contributed by atoms with Gasteiger partial charge >= 0.3 is 0 Å². The van der Waals surface area contributed by atoms with Gasteiger partial charge in [-0.1, -0.05) is 23.2 Å². The lowest BCUT2D eigenvalue weighted by molar-refractivity contribution is 0.345. The summed E-state index contributed by atoms with van der Waals surface area (Å²) in [7, 11) is 0. The highest BCUT2D eigenvalue weighted by atomic mass is 35.5. The third-order valence-corrected chi connectivity index (χ3v) is 3.51. The van der Waals surface area contributed by atoms with Crippen molar-refractivity contribution in [2.24, 2.45) is 5.73 Å². The maximum atomic E-state index is 6.02. The first-order valence-electron chi connectivity index (χ1n) is 5.95. The monoisotopic (exact) mass is 264 g/mol. The molecule has 2 unspecified atom stereocenters. The summed E-state index contributed by atoms with van der Waals surface area (Å²) in [5.41, 5.74) is 6.67. The van der Waals surface area contributed by atoms with Crippen molar-refractivity contribution in [3.63, 3.8) is 0 Å². The zero-order valence-electron chi connectivity index (χ0n) is 9.71. The number of hydrogen-bond donors (Lipinski definition) is 1. The molecule has 0 spiro atoms. The number of pyridine rings is 1. The molecule has 3 rings (SSSR count). The van der Waals surface area contributed by atoms with Crippen molar-refractivity contribution in [1.29, 1.82) is 0 Å². The van der Waals surface area contributed by atoms with Crippen LogP contribution in [0.2, 0.25) is 5.02 Å². The predicted octanol–water partition coefficient (Wildman–Crippen LogP) is 2.38. The van der Waals surface area contributed by atoms with Crippen LogP contribution in [0, 0.1) is 0 Å². The van der Waals surface area contributed by atoms with Gasteiger partial charge in [0.25, 0.3) is 0 Å². The van der Waals surface area contributed by atoms with Crippen molar-refractivity contribution in [3.05, 3.63) is 29.2 Å². The lowest BCUT2D eigenvalue weighted by atomic mass is 10.1. The summed E-state index contributed by atoms with van der Waals surface area (Å²) < 4.78 is 5.29. The number of nitrogens with zero attached hydrogens (tertiary/aromatic N) is 3. The molecule has 1 aliphatic carbocycles. The topological polar surface area (TPSA) is 77.8 Å². The first-order chi connectivity index (χ1) is 8.74. The van der Waals surface area contributed by atoms with E-state index in [-0.39, 0.29) is 12.0 Å². The van der Waals surface area contributed by atoms with Gasteiger partial charge in [-0.15, -0.1) is 0 Å². The molecule has 1 aliphatic rings. The van der Waals surface area contributed by atoms with Crippen LogP contribution in [0.4, 0.5) is 0 Å². The minimum atomic E-state index is 0.122. The van der Waals surface area contributed by atoms with Crippen LogP contribution in [0.5, 0.6) is 0 Å². The standard InChI is InChI=1S/C12H13ClN4O/c13-7-4-5-10(15-6-7)11-16-12(18-17-11)8-2-1-3-9(8)14/h4-6,8-9H,1-3,14H2. The molecule has 6 heteroatoms. The summed E-state index contributed by atoms with van der Waals surface area (Å²) in [4.78, 5) is 8.54. The first-order valence-corrected chi connectivity index (χ1v) is 6.33. The minimum Gasteiger partial charge on any atom is -0.339 e. The zero-order chi connectivity index (χ0) is 12.5. The summed E-state index contributed by atoms with van der Waals surface area (Å²) in [6.07, 6.45) is 4.70. The third kappa shape index (κ3) is 2.11. The molecule has 18 heavy (non-hydrogen) atoms. The second kappa shape index (κ2) is 4.66. The molecular formula is C12H13ClN4O. The van der Waals surface area contributed by atoms with E-state index >= 15 is 0 Å². The maximum absolute atomic E-state index is 6.02. The Morgan fingerprint density at radius 2 is 2.22 bits per heavy atom. The van der Waals surface area contributed by atoms with E-state index in [0.29, 0.717) is 22.4 Å². The number of hydrogen-bond acceptors (Lipinski definition) is 5. The Kier molecular flexibility index (Phi) is 3.01. The normalized spacial score (nSPS) is 23.4. The van der Waals surface area contributed by atoms with Gasteiger partial charge in [0.2, 0.25) is 11.7 Å². The molecule has 94 valence electrons. The van der Waals surface area contributed by atoms with Gasteiger partial charge in [0.05, 0.1) is 10.9 Å². The molecule has 2 aromatic heterocycles. The number of aromatic nitrogens is 3. The van der Waals surface area contributed by atoms with E-state index in [9.17, 15) is 0 Å². The molecule has 0 aromatic carbocycles. The lowest BCUT2D eigenvalue weighted by Crippen LogP contribution is -2.22. The highest BCUT2D eigenvalue weighted by Gasteiger charge is 2.30. The Hall–Kier alpha value is -1.46. The highest BCUT2D eigenvalue weighted by Crippen LogP contribution is 2.33. The van der Waals surface area contributed by atoms with Gasteiger partial charge in [-0.2, -0.15) is 4.98 Å². The fraction of sp³-hybridized carbons (Fsp3) is 0.417. The second-order valence-electron chi connectivity index (χ2n) is 4.52. The van der Waals surface area contributed by atoms with Crippen LogP contribution in [-0.2, 0) is 0 Å². The van der Waals surface area contributed by atoms with Crippen LogP contribution >= 0.6 is 11.6 Å². The van der Waals surface area contributed by atoms with Gasteiger partial charge in [0, 0.05) is 12.2 Å². The first kappa shape index (κ1) is 11.6. The number of halogens is 1. The van der Waals surface area contributed by atoms with Gasteiger partial charge in [-0.05, 0) is 25.0 Å². The van der Waals surface area contributed by atoms with Gasteiger partial charge < -0.3 is 10.3 Å². The van der Waals surface area contributed by atoms with E-state index in [1.54, 1.807) is 18.3 Å². The molecule has 5 nitrogen and oxygen atoms in total. The molecule has 1 fully saturated rings. The van der Waals surface area contributed by atoms with Crippen molar-refractivity contribution >= 4 is 11.6 Å². The molecule has 2 N–H and O–H groups in total. The molecule has 0 aliphatic heterocycles. The fourth-order valence-electron chi connectivity index (χ4n) is 2.29. The van der Waals surface area contributed by atoms with Crippen LogP contribution in [0.25, 0.3) is 11.5 Å². The molecule has 0 radical (unpaired) electrons. The maximum Gasteiger partial charge on any atom is 0.231 e. The Morgan fingerprint density at radius 3 is 2.89 bits per heavy atom. The quantitative estimate of drug-likeness (QED) is 0.901. The molecule has 0 saturated heterocycles. The average molecular weight is 265 g/mol. The summed E-state index contributed by atoms with van der Waals surface area (Å²) in [5.74, 6) is 1.28. The predicted molar refractivity (Wildman–Crippen MR) is 67.1 cm³/mol.